The molecular formula is C65H123NO5. The number of amides is 1. The molecule has 0 aliphatic rings. The van der Waals surface area contributed by atoms with Crippen LogP contribution in [0.4, 0.5) is 0 Å². The molecular weight excluding hydrogens is 875 g/mol. The Morgan fingerprint density at radius 3 is 1.01 bits per heavy atom. The van der Waals surface area contributed by atoms with E-state index in [1.165, 1.54) is 270 Å². The van der Waals surface area contributed by atoms with Crippen molar-refractivity contribution in [1.29, 1.82) is 0 Å². The normalized spacial score (nSPS) is 12.8. The maximum absolute atomic E-state index is 12.4. The summed E-state index contributed by atoms with van der Waals surface area (Å²) in [4.78, 5) is 24.5. The molecule has 0 radical (unpaired) electrons. The summed E-state index contributed by atoms with van der Waals surface area (Å²) in [5.41, 5.74) is 0. The molecule has 0 saturated carbocycles. The van der Waals surface area contributed by atoms with Gasteiger partial charge in [0.05, 0.1) is 25.4 Å². The molecule has 6 heteroatoms. The van der Waals surface area contributed by atoms with Crippen molar-refractivity contribution in [3.63, 3.8) is 0 Å². The molecule has 6 nitrogen and oxygen atoms in total. The van der Waals surface area contributed by atoms with Crippen LogP contribution in [0.5, 0.6) is 0 Å². The van der Waals surface area contributed by atoms with Crippen LogP contribution in [0.3, 0.4) is 0 Å². The minimum absolute atomic E-state index is 0.00738. The van der Waals surface area contributed by atoms with Crippen LogP contribution >= 0.6 is 0 Å². The monoisotopic (exact) mass is 998 g/mol. The van der Waals surface area contributed by atoms with Gasteiger partial charge in [0.15, 0.2) is 0 Å². The third kappa shape index (κ3) is 57.2. The zero-order valence-corrected chi connectivity index (χ0v) is 47.7. The Kier molecular flexibility index (Phi) is 59.0. The molecule has 0 aromatic heterocycles. The summed E-state index contributed by atoms with van der Waals surface area (Å²) in [5.74, 6) is -0.0597. The van der Waals surface area contributed by atoms with Crippen LogP contribution in [0.15, 0.2) is 36.5 Å². The van der Waals surface area contributed by atoms with Crippen LogP contribution in [0.25, 0.3) is 0 Å². The van der Waals surface area contributed by atoms with Crippen molar-refractivity contribution in [3.8, 4) is 0 Å². The van der Waals surface area contributed by atoms with Crippen molar-refractivity contribution < 1.29 is 24.5 Å². The molecule has 0 aromatic rings. The maximum Gasteiger partial charge on any atom is 0.305 e. The lowest BCUT2D eigenvalue weighted by atomic mass is 10.0. The number of nitrogens with one attached hydrogen (secondary N) is 1. The molecule has 0 rings (SSSR count). The lowest BCUT2D eigenvalue weighted by molar-refractivity contribution is -0.143. The first-order valence-electron chi connectivity index (χ1n) is 31.8. The fraction of sp³-hybridized carbons (Fsp3) is 0.877. The highest BCUT2D eigenvalue weighted by Crippen LogP contribution is 2.17. The summed E-state index contributed by atoms with van der Waals surface area (Å²) in [6.45, 7) is 4.89. The van der Waals surface area contributed by atoms with Gasteiger partial charge in [-0.3, -0.25) is 9.59 Å². The predicted octanol–water partition coefficient (Wildman–Crippen LogP) is 20.0. The molecule has 0 spiro atoms. The fourth-order valence-corrected chi connectivity index (χ4v) is 9.74. The van der Waals surface area contributed by atoms with E-state index in [2.05, 4.69) is 43.5 Å². The van der Waals surface area contributed by atoms with E-state index in [0.717, 1.165) is 44.9 Å². The van der Waals surface area contributed by atoms with Crippen LogP contribution in [-0.4, -0.2) is 47.4 Å². The van der Waals surface area contributed by atoms with Gasteiger partial charge in [-0.15, -0.1) is 0 Å². The van der Waals surface area contributed by atoms with E-state index in [1.54, 1.807) is 6.08 Å². The van der Waals surface area contributed by atoms with Crippen LogP contribution < -0.4 is 5.32 Å². The smallest absolute Gasteiger partial charge is 0.305 e. The van der Waals surface area contributed by atoms with Gasteiger partial charge >= 0.3 is 5.97 Å². The Bertz CT molecular complexity index is 1150. The third-order valence-electron chi connectivity index (χ3n) is 14.6. The number of carbonyl (C=O) groups is 2. The molecule has 0 aliphatic heterocycles. The molecule has 3 N–H and O–H groups in total. The van der Waals surface area contributed by atoms with Crippen LogP contribution in [-0.2, 0) is 14.3 Å². The van der Waals surface area contributed by atoms with E-state index in [0.29, 0.717) is 19.4 Å². The van der Waals surface area contributed by atoms with E-state index in [-0.39, 0.29) is 18.5 Å². The van der Waals surface area contributed by atoms with Gasteiger partial charge in [-0.25, -0.2) is 0 Å². The Labute approximate surface area is 443 Å². The van der Waals surface area contributed by atoms with E-state index < -0.39 is 12.1 Å². The number of unbranched alkanes of at least 4 members (excludes halogenated alkanes) is 44. The largest absolute Gasteiger partial charge is 0.466 e. The molecule has 0 aliphatic carbocycles. The molecule has 0 fully saturated rings. The van der Waals surface area contributed by atoms with E-state index in [1.807, 2.05) is 6.08 Å². The zero-order chi connectivity index (χ0) is 51.4. The Morgan fingerprint density at radius 2 is 0.662 bits per heavy atom. The second-order valence-corrected chi connectivity index (χ2v) is 21.7. The quantitative estimate of drug-likeness (QED) is 0.0321. The number of allylic oxidation sites excluding steroid dienone is 5. The highest BCUT2D eigenvalue weighted by atomic mass is 16.5. The van der Waals surface area contributed by atoms with Crippen molar-refractivity contribution in [1.82, 2.24) is 5.32 Å². The van der Waals surface area contributed by atoms with Crippen LogP contribution in [0.1, 0.15) is 341 Å². The molecule has 418 valence electrons. The second kappa shape index (κ2) is 60.6. The number of ether oxygens (including phenoxy) is 1. The van der Waals surface area contributed by atoms with Gasteiger partial charge in [-0.2, -0.15) is 0 Å². The number of aliphatic hydroxyl groups excluding tert-OH is 2. The summed E-state index contributed by atoms with van der Waals surface area (Å²) >= 11 is 0. The Hall–Kier alpha value is -1.92. The standard InChI is InChI=1S/C65H123NO5/c1-3-5-7-9-11-13-15-34-39-43-47-51-55-59-65(70)71-60-56-52-48-44-40-36-33-31-29-27-25-23-21-19-17-16-18-20-22-24-26-28-30-32-35-38-42-46-50-54-58-64(69)66-62(61-67)63(68)57-53-49-45-41-37-14-12-10-8-6-4-2/h13,15,17,19,53,57,62-63,67-68H,3-12,14,16,18,20-52,54-56,58-61H2,1-2H3,(H,66,69)/b15-13-,19-17-,57-53+. The lowest BCUT2D eigenvalue weighted by Gasteiger charge is -2.20. The topological polar surface area (TPSA) is 95.9 Å². The number of rotatable bonds is 59. The molecule has 0 heterocycles. The third-order valence-corrected chi connectivity index (χ3v) is 14.6. The average molecular weight is 999 g/mol. The van der Waals surface area contributed by atoms with Crippen LogP contribution in [0.2, 0.25) is 0 Å². The fourth-order valence-electron chi connectivity index (χ4n) is 9.74. The predicted molar refractivity (Wildman–Crippen MR) is 310 cm³/mol. The first-order valence-corrected chi connectivity index (χ1v) is 31.8. The minimum Gasteiger partial charge on any atom is -0.466 e. The van der Waals surface area contributed by atoms with Gasteiger partial charge in [-0.1, -0.05) is 281 Å². The summed E-state index contributed by atoms with van der Waals surface area (Å²) in [6, 6.07) is -0.625. The second-order valence-electron chi connectivity index (χ2n) is 21.7. The number of esters is 1. The number of hydrogen-bond donors (Lipinski definition) is 3. The van der Waals surface area contributed by atoms with Crippen molar-refractivity contribution in [2.45, 2.75) is 353 Å². The first kappa shape index (κ1) is 69.1. The maximum atomic E-state index is 12.4. The van der Waals surface area contributed by atoms with Crippen LogP contribution in [0, 0.1) is 0 Å². The van der Waals surface area contributed by atoms with Gasteiger partial charge in [0.2, 0.25) is 5.91 Å². The molecule has 1 amide bonds. The van der Waals surface area contributed by atoms with E-state index in [9.17, 15) is 19.8 Å². The number of hydrogen-bond acceptors (Lipinski definition) is 5. The highest BCUT2D eigenvalue weighted by Gasteiger charge is 2.18. The Balaban J connectivity index is 3.36. The lowest BCUT2D eigenvalue weighted by Crippen LogP contribution is -2.45. The van der Waals surface area contributed by atoms with Gasteiger partial charge in [0.1, 0.15) is 0 Å². The van der Waals surface area contributed by atoms with Crippen molar-refractivity contribution in [3.05, 3.63) is 36.5 Å². The number of aliphatic hydroxyl groups is 2. The SMILES string of the molecule is CCCCCC/C=C\CCCCCCCC(=O)OCCCCCCCCCCCCCC/C=C\CCCCCCCCCCCCCCCCC(=O)NC(CO)C(O)/C=C/CCCCCCCCCCC. The van der Waals surface area contributed by atoms with E-state index >= 15 is 0 Å². The van der Waals surface area contributed by atoms with Crippen molar-refractivity contribution >= 4 is 11.9 Å². The van der Waals surface area contributed by atoms with Gasteiger partial charge in [0, 0.05) is 12.8 Å². The average Bonchev–Trinajstić information content (AvgIpc) is 3.37. The van der Waals surface area contributed by atoms with Gasteiger partial charge in [-0.05, 0) is 83.5 Å². The summed E-state index contributed by atoms with van der Waals surface area (Å²) in [7, 11) is 0. The first-order chi connectivity index (χ1) is 35.0. The molecule has 0 aromatic carbocycles. The zero-order valence-electron chi connectivity index (χ0n) is 47.7. The summed E-state index contributed by atoms with van der Waals surface area (Å²) in [5, 5.41) is 23.0. The van der Waals surface area contributed by atoms with Gasteiger partial charge < -0.3 is 20.3 Å². The van der Waals surface area contributed by atoms with Crippen molar-refractivity contribution in [2.24, 2.45) is 0 Å². The molecule has 2 atom stereocenters. The molecule has 71 heavy (non-hydrogen) atoms. The summed E-state index contributed by atoms with van der Waals surface area (Å²) in [6.07, 6.45) is 76.3. The van der Waals surface area contributed by atoms with Crippen molar-refractivity contribution in [2.75, 3.05) is 13.2 Å². The number of carbonyl (C=O) groups excluding carboxylic acids is 2. The molecule has 0 saturated heterocycles. The minimum atomic E-state index is -0.842. The van der Waals surface area contributed by atoms with Gasteiger partial charge in [0.25, 0.3) is 0 Å². The highest BCUT2D eigenvalue weighted by molar-refractivity contribution is 5.76. The molecule has 0 bridgehead atoms. The summed E-state index contributed by atoms with van der Waals surface area (Å²) < 4.78 is 5.47. The molecule has 2 unspecified atom stereocenters. The van der Waals surface area contributed by atoms with E-state index in [4.69, 9.17) is 4.74 Å². The Morgan fingerprint density at radius 1 is 0.380 bits per heavy atom.